The Labute approximate surface area is 172 Å². The Kier molecular flexibility index (Phi) is 6.83. The molecule has 1 aromatic carbocycles. The summed E-state index contributed by atoms with van der Waals surface area (Å²) < 4.78 is 27.4. The summed E-state index contributed by atoms with van der Waals surface area (Å²) in [7, 11) is -3.47. The van der Waals surface area contributed by atoms with E-state index in [-0.39, 0.29) is 0 Å². The van der Waals surface area contributed by atoms with Crippen LogP contribution in [0.2, 0.25) is 0 Å². The van der Waals surface area contributed by atoms with Crippen LogP contribution in [-0.2, 0) is 29.4 Å². The third-order valence-corrected chi connectivity index (χ3v) is 7.16. The van der Waals surface area contributed by atoms with Gasteiger partial charge in [0.15, 0.2) is 5.82 Å². The Morgan fingerprint density at radius 2 is 1.90 bits per heavy atom. The number of nitrogens with zero attached hydrogens (tertiary/aromatic N) is 4. The van der Waals surface area contributed by atoms with E-state index >= 15 is 0 Å². The van der Waals surface area contributed by atoms with Crippen molar-refractivity contribution in [3.8, 4) is 6.07 Å². The molecule has 8 heteroatoms. The largest absolute Gasteiger partial charge is 0.363 e. The van der Waals surface area contributed by atoms with Crippen LogP contribution in [-0.4, -0.2) is 36.0 Å². The summed E-state index contributed by atoms with van der Waals surface area (Å²) in [6, 6.07) is 9.18. The highest BCUT2D eigenvalue weighted by Crippen LogP contribution is 2.23. The quantitative estimate of drug-likeness (QED) is 0.748. The van der Waals surface area contributed by atoms with Gasteiger partial charge in [0.05, 0.1) is 10.6 Å². The molecule has 0 saturated carbocycles. The van der Waals surface area contributed by atoms with Crippen LogP contribution in [0.1, 0.15) is 55.5 Å². The van der Waals surface area contributed by atoms with Crippen LogP contribution >= 0.6 is 0 Å². The fourth-order valence-electron chi connectivity index (χ4n) is 3.67. The molecule has 1 aliphatic heterocycles. The van der Waals surface area contributed by atoms with Crippen LogP contribution < -0.4 is 5.32 Å². The third-order valence-electron chi connectivity index (χ3n) is 5.27. The number of nitriles is 1. The summed E-state index contributed by atoms with van der Waals surface area (Å²) in [5.41, 5.74) is 3.07. The lowest BCUT2D eigenvalue weighted by Crippen LogP contribution is -2.35. The number of hydrogen-bond acceptors (Lipinski definition) is 6. The highest BCUT2D eigenvalue weighted by atomic mass is 32.2. The van der Waals surface area contributed by atoms with E-state index in [1.165, 1.54) is 0 Å². The first-order valence-corrected chi connectivity index (χ1v) is 11.6. The predicted octanol–water partition coefficient (Wildman–Crippen LogP) is 3.26. The van der Waals surface area contributed by atoms with Gasteiger partial charge in [-0.15, -0.1) is 5.10 Å². The molecule has 7 nitrogen and oxygen atoms in total. The Balaban J connectivity index is 1.81. The number of sulfonamides is 1. The van der Waals surface area contributed by atoms with E-state index in [0.717, 1.165) is 42.5 Å². The second kappa shape index (κ2) is 9.33. The number of aromatic nitrogens is 2. The first-order chi connectivity index (χ1) is 14.0. The van der Waals surface area contributed by atoms with Gasteiger partial charge in [0.25, 0.3) is 0 Å². The molecule has 0 atom stereocenters. The van der Waals surface area contributed by atoms with E-state index in [4.69, 9.17) is 0 Å². The average Bonchev–Trinajstić information content (AvgIpc) is 2.77. The Morgan fingerprint density at radius 3 is 2.55 bits per heavy atom. The van der Waals surface area contributed by atoms with Crippen LogP contribution in [0.3, 0.4) is 0 Å². The lowest BCUT2D eigenvalue weighted by molar-refractivity contribution is 0.346. The molecule has 1 fully saturated rings. The zero-order valence-corrected chi connectivity index (χ0v) is 17.8. The maximum atomic E-state index is 12.9. The van der Waals surface area contributed by atoms with E-state index in [9.17, 15) is 13.7 Å². The van der Waals surface area contributed by atoms with Crippen molar-refractivity contribution in [2.24, 2.45) is 0 Å². The normalized spacial score (nSPS) is 15.1. The molecule has 0 aliphatic carbocycles. The molecule has 0 radical (unpaired) electrons. The number of anilines is 1. The minimum absolute atomic E-state index is 0.306. The van der Waals surface area contributed by atoms with Crippen molar-refractivity contribution in [2.45, 2.75) is 57.4 Å². The van der Waals surface area contributed by atoms with Crippen LogP contribution in [0.5, 0.6) is 0 Å². The van der Waals surface area contributed by atoms with Crippen molar-refractivity contribution < 1.29 is 8.42 Å². The van der Waals surface area contributed by atoms with Gasteiger partial charge in [-0.3, -0.25) is 0 Å². The molecule has 1 aromatic heterocycles. The third kappa shape index (κ3) is 4.57. The number of aryl methyl sites for hydroxylation is 1. The summed E-state index contributed by atoms with van der Waals surface area (Å²) in [6.07, 6.45) is 4.32. The van der Waals surface area contributed by atoms with Gasteiger partial charge in [0.1, 0.15) is 11.6 Å². The average molecular weight is 414 g/mol. The first-order valence-electron chi connectivity index (χ1n) is 10.1. The standard InChI is InChI=1S/C21H27N5O2S/c1-3-18-19(14-22)21(25-24-20(18)4-2)23-15-16-9-8-10-17(13-16)29(27,28)26-11-6-5-7-12-26/h8-10,13H,3-7,11-12,15H2,1-2H3,(H,23,25). The monoisotopic (exact) mass is 413 g/mol. The highest BCUT2D eigenvalue weighted by Gasteiger charge is 2.26. The zero-order valence-electron chi connectivity index (χ0n) is 17.0. The topological polar surface area (TPSA) is 99.0 Å². The second-order valence-corrected chi connectivity index (χ2v) is 9.07. The highest BCUT2D eigenvalue weighted by molar-refractivity contribution is 7.89. The van der Waals surface area contributed by atoms with E-state index in [1.807, 2.05) is 19.9 Å². The van der Waals surface area contributed by atoms with Gasteiger partial charge in [0, 0.05) is 19.6 Å². The molecule has 0 spiro atoms. The number of piperidine rings is 1. The molecular weight excluding hydrogens is 386 g/mol. The van der Waals surface area contributed by atoms with Gasteiger partial charge in [-0.25, -0.2) is 8.42 Å². The summed E-state index contributed by atoms with van der Waals surface area (Å²) in [5, 5.41) is 21.2. The number of hydrogen-bond donors (Lipinski definition) is 1. The minimum Gasteiger partial charge on any atom is -0.363 e. The Bertz CT molecular complexity index is 1010. The van der Waals surface area contributed by atoms with Gasteiger partial charge >= 0.3 is 0 Å². The molecule has 0 amide bonds. The molecule has 154 valence electrons. The maximum Gasteiger partial charge on any atom is 0.243 e. The van der Waals surface area contributed by atoms with Crippen molar-refractivity contribution >= 4 is 15.8 Å². The molecule has 2 aromatic rings. The summed E-state index contributed by atoms with van der Waals surface area (Å²) in [4.78, 5) is 0.306. The summed E-state index contributed by atoms with van der Waals surface area (Å²) >= 11 is 0. The molecule has 2 heterocycles. The van der Waals surface area contributed by atoms with E-state index in [2.05, 4.69) is 21.6 Å². The Hall–Kier alpha value is -2.50. The smallest absolute Gasteiger partial charge is 0.243 e. The van der Waals surface area contributed by atoms with Crippen molar-refractivity contribution in [3.63, 3.8) is 0 Å². The number of nitrogens with one attached hydrogen (secondary N) is 1. The van der Waals surface area contributed by atoms with Crippen LogP contribution in [0.15, 0.2) is 29.2 Å². The second-order valence-electron chi connectivity index (χ2n) is 7.13. The molecule has 1 N–H and O–H groups in total. The summed E-state index contributed by atoms with van der Waals surface area (Å²) in [6.45, 7) is 5.51. The molecular formula is C21H27N5O2S. The van der Waals surface area contributed by atoms with E-state index < -0.39 is 10.0 Å². The minimum atomic E-state index is -3.47. The van der Waals surface area contributed by atoms with E-state index in [0.29, 0.717) is 42.3 Å². The molecule has 29 heavy (non-hydrogen) atoms. The maximum absolute atomic E-state index is 12.9. The SMILES string of the molecule is CCc1nnc(NCc2cccc(S(=O)(=O)N3CCCCC3)c2)c(C#N)c1CC. The fraction of sp³-hybridized carbons (Fsp3) is 0.476. The zero-order chi connectivity index (χ0) is 20.9. The van der Waals surface area contributed by atoms with Crippen molar-refractivity contribution in [3.05, 3.63) is 46.6 Å². The molecule has 0 unspecified atom stereocenters. The van der Waals surface area contributed by atoms with Gasteiger partial charge < -0.3 is 5.32 Å². The molecule has 1 saturated heterocycles. The van der Waals surface area contributed by atoms with Crippen LogP contribution in [0.25, 0.3) is 0 Å². The fourth-order valence-corrected chi connectivity index (χ4v) is 5.26. The number of rotatable bonds is 7. The first kappa shape index (κ1) is 21.2. The molecule has 1 aliphatic rings. The van der Waals surface area contributed by atoms with Crippen molar-refractivity contribution in [1.82, 2.24) is 14.5 Å². The lowest BCUT2D eigenvalue weighted by Gasteiger charge is -2.26. The van der Waals surface area contributed by atoms with Crippen LogP contribution in [0, 0.1) is 11.3 Å². The molecule has 0 bridgehead atoms. The predicted molar refractivity (Wildman–Crippen MR) is 112 cm³/mol. The van der Waals surface area contributed by atoms with E-state index in [1.54, 1.807) is 22.5 Å². The van der Waals surface area contributed by atoms with Crippen LogP contribution in [0.4, 0.5) is 5.82 Å². The lowest BCUT2D eigenvalue weighted by atomic mass is 10.0. The van der Waals surface area contributed by atoms with Gasteiger partial charge in [0.2, 0.25) is 10.0 Å². The number of benzene rings is 1. The Morgan fingerprint density at radius 1 is 1.14 bits per heavy atom. The van der Waals surface area contributed by atoms with Crippen molar-refractivity contribution in [2.75, 3.05) is 18.4 Å². The molecule has 3 rings (SSSR count). The van der Waals surface area contributed by atoms with Gasteiger partial charge in [-0.2, -0.15) is 14.7 Å². The summed E-state index contributed by atoms with van der Waals surface area (Å²) in [5.74, 6) is 0.436. The van der Waals surface area contributed by atoms with Gasteiger partial charge in [-0.05, 0) is 48.9 Å². The van der Waals surface area contributed by atoms with Crippen molar-refractivity contribution in [1.29, 1.82) is 5.26 Å². The van der Waals surface area contributed by atoms with Gasteiger partial charge in [-0.1, -0.05) is 32.4 Å².